The molecule has 21 heavy (non-hydrogen) atoms. The van der Waals surface area contributed by atoms with Crippen molar-refractivity contribution in [2.45, 2.75) is 18.4 Å². The van der Waals surface area contributed by atoms with Crippen molar-refractivity contribution in [2.75, 3.05) is 5.75 Å². The zero-order valence-corrected chi connectivity index (χ0v) is 12.0. The van der Waals surface area contributed by atoms with E-state index in [4.69, 9.17) is 5.11 Å². The maximum atomic E-state index is 10.8. The molecular formula is C12H12N6O2S. The molecule has 0 fully saturated rings. The van der Waals surface area contributed by atoms with Crippen molar-refractivity contribution in [2.24, 2.45) is 0 Å². The second-order valence-corrected chi connectivity index (χ2v) is 5.22. The highest BCUT2D eigenvalue weighted by Gasteiger charge is 2.15. The van der Waals surface area contributed by atoms with E-state index in [0.717, 1.165) is 17.1 Å². The summed E-state index contributed by atoms with van der Waals surface area (Å²) in [6.07, 6.45) is 3.71. The molecule has 0 unspecified atom stereocenters. The van der Waals surface area contributed by atoms with E-state index in [1.54, 1.807) is 4.68 Å². The Morgan fingerprint density at radius 3 is 3.05 bits per heavy atom. The molecule has 9 heteroatoms. The minimum atomic E-state index is -0.875. The third kappa shape index (κ3) is 2.59. The second kappa shape index (κ2) is 5.52. The molecule has 108 valence electrons. The van der Waals surface area contributed by atoms with E-state index in [1.165, 1.54) is 24.4 Å². The van der Waals surface area contributed by atoms with E-state index >= 15 is 0 Å². The van der Waals surface area contributed by atoms with Crippen LogP contribution in [0.25, 0.3) is 17.0 Å². The Hall–Kier alpha value is -2.42. The molecule has 0 saturated heterocycles. The van der Waals surface area contributed by atoms with Crippen LogP contribution in [-0.2, 0) is 11.2 Å². The average molecular weight is 304 g/mol. The number of thioether (sulfide) groups is 1. The number of carboxylic acids is 1. The standard InChI is InChI=1S/C12H12N6O2S/c1-2-7-3-8(21-4-9(19)20)18(17-7)12-10-11(14-5-13-10)15-6-16-12/h3,5-6H,2,4H2,1H3,(H,19,20)(H,13,14,15,16). The maximum absolute atomic E-state index is 10.8. The van der Waals surface area contributed by atoms with E-state index in [1.807, 2.05) is 13.0 Å². The van der Waals surface area contributed by atoms with Gasteiger partial charge in [-0.25, -0.2) is 19.6 Å². The number of carboxylic acid groups (broad SMARTS) is 1. The van der Waals surface area contributed by atoms with Crippen LogP contribution in [0.15, 0.2) is 23.7 Å². The molecule has 0 spiro atoms. The lowest BCUT2D eigenvalue weighted by Gasteiger charge is -2.05. The van der Waals surface area contributed by atoms with Gasteiger partial charge in [-0.1, -0.05) is 18.7 Å². The highest BCUT2D eigenvalue weighted by molar-refractivity contribution is 7.99. The van der Waals surface area contributed by atoms with Crippen LogP contribution in [0.3, 0.4) is 0 Å². The number of rotatable bonds is 5. The molecule has 3 rings (SSSR count). The van der Waals surface area contributed by atoms with Crippen molar-refractivity contribution in [3.05, 3.63) is 24.4 Å². The minimum Gasteiger partial charge on any atom is -0.481 e. The first-order valence-electron chi connectivity index (χ1n) is 6.27. The number of aromatic nitrogens is 6. The highest BCUT2D eigenvalue weighted by Crippen LogP contribution is 2.24. The van der Waals surface area contributed by atoms with Gasteiger partial charge in [-0.05, 0) is 12.5 Å². The molecule has 0 aliphatic carbocycles. The summed E-state index contributed by atoms with van der Waals surface area (Å²) in [5, 5.41) is 14.0. The zero-order valence-electron chi connectivity index (χ0n) is 11.1. The molecule has 0 aliphatic heterocycles. The number of hydrogen-bond donors (Lipinski definition) is 2. The molecule has 2 N–H and O–H groups in total. The number of aliphatic carboxylic acids is 1. The lowest BCUT2D eigenvalue weighted by Crippen LogP contribution is -2.05. The number of hydrogen-bond acceptors (Lipinski definition) is 6. The highest BCUT2D eigenvalue weighted by atomic mass is 32.2. The van der Waals surface area contributed by atoms with Crippen molar-refractivity contribution < 1.29 is 9.90 Å². The van der Waals surface area contributed by atoms with Crippen LogP contribution in [0.2, 0.25) is 0 Å². The summed E-state index contributed by atoms with van der Waals surface area (Å²) in [6.45, 7) is 1.99. The SMILES string of the molecule is CCc1cc(SCC(=O)O)n(-c2ncnc3nc[nH]c23)n1. The number of fused-ring (bicyclic) bond motifs is 1. The molecular weight excluding hydrogens is 292 g/mol. The molecule has 0 aliphatic rings. The first-order chi connectivity index (χ1) is 10.2. The molecule has 3 aromatic heterocycles. The Morgan fingerprint density at radius 1 is 1.43 bits per heavy atom. The summed E-state index contributed by atoms with van der Waals surface area (Å²) in [6, 6.07) is 1.87. The van der Waals surface area contributed by atoms with Crippen molar-refractivity contribution in [1.29, 1.82) is 0 Å². The molecule has 8 nitrogen and oxygen atoms in total. The summed E-state index contributed by atoms with van der Waals surface area (Å²) >= 11 is 1.20. The third-order valence-corrected chi connectivity index (χ3v) is 3.81. The van der Waals surface area contributed by atoms with Gasteiger partial charge in [0.25, 0.3) is 0 Å². The quantitative estimate of drug-likeness (QED) is 0.683. The van der Waals surface area contributed by atoms with Crippen LogP contribution in [0.1, 0.15) is 12.6 Å². The van der Waals surface area contributed by atoms with Crippen molar-refractivity contribution in [3.8, 4) is 5.82 Å². The number of nitrogens with one attached hydrogen (secondary N) is 1. The van der Waals surface area contributed by atoms with Gasteiger partial charge in [-0.2, -0.15) is 5.10 Å². The Bertz CT molecular complexity index is 796. The molecule has 0 aromatic carbocycles. The smallest absolute Gasteiger partial charge is 0.313 e. The van der Waals surface area contributed by atoms with Gasteiger partial charge < -0.3 is 10.1 Å². The van der Waals surface area contributed by atoms with E-state index in [-0.39, 0.29) is 5.75 Å². The summed E-state index contributed by atoms with van der Waals surface area (Å²) < 4.78 is 1.63. The monoisotopic (exact) mass is 304 g/mol. The minimum absolute atomic E-state index is 0.0357. The topological polar surface area (TPSA) is 110 Å². The van der Waals surface area contributed by atoms with Gasteiger partial charge in [0.2, 0.25) is 0 Å². The molecule has 0 bridgehead atoms. The van der Waals surface area contributed by atoms with Crippen LogP contribution in [-0.4, -0.2) is 46.5 Å². The number of aryl methyl sites for hydroxylation is 1. The predicted molar refractivity (Wildman–Crippen MR) is 76.5 cm³/mol. The molecule has 3 aromatic rings. The van der Waals surface area contributed by atoms with E-state index in [2.05, 4.69) is 25.0 Å². The fourth-order valence-corrected chi connectivity index (χ4v) is 2.63. The summed E-state index contributed by atoms with van der Waals surface area (Å²) in [7, 11) is 0. The lowest BCUT2D eigenvalue weighted by atomic mass is 10.3. The second-order valence-electron chi connectivity index (χ2n) is 4.22. The fraction of sp³-hybridized carbons (Fsp3) is 0.250. The lowest BCUT2D eigenvalue weighted by molar-refractivity contribution is -0.133. The fourth-order valence-electron chi connectivity index (χ4n) is 1.89. The molecule has 0 atom stereocenters. The summed E-state index contributed by atoms with van der Waals surface area (Å²) in [4.78, 5) is 26.2. The van der Waals surface area contributed by atoms with E-state index in [9.17, 15) is 4.79 Å². The van der Waals surface area contributed by atoms with Crippen LogP contribution < -0.4 is 0 Å². The van der Waals surface area contributed by atoms with Gasteiger partial charge in [-0.3, -0.25) is 4.79 Å². The van der Waals surface area contributed by atoms with E-state index in [0.29, 0.717) is 17.0 Å². The van der Waals surface area contributed by atoms with Gasteiger partial charge in [0.05, 0.1) is 17.8 Å². The van der Waals surface area contributed by atoms with Crippen LogP contribution in [0.5, 0.6) is 0 Å². The number of H-pyrrole nitrogens is 1. The Kier molecular flexibility index (Phi) is 3.57. The van der Waals surface area contributed by atoms with Crippen molar-refractivity contribution in [3.63, 3.8) is 0 Å². The van der Waals surface area contributed by atoms with Gasteiger partial charge >= 0.3 is 5.97 Å². The number of nitrogens with zero attached hydrogens (tertiary/aromatic N) is 5. The van der Waals surface area contributed by atoms with Crippen LogP contribution in [0.4, 0.5) is 0 Å². The average Bonchev–Trinajstić information content (AvgIpc) is 3.11. The largest absolute Gasteiger partial charge is 0.481 e. The third-order valence-electron chi connectivity index (χ3n) is 2.84. The van der Waals surface area contributed by atoms with Gasteiger partial charge in [0.1, 0.15) is 16.9 Å². The van der Waals surface area contributed by atoms with Gasteiger partial charge in [0, 0.05) is 0 Å². The Balaban J connectivity index is 2.10. The molecule has 0 radical (unpaired) electrons. The summed E-state index contributed by atoms with van der Waals surface area (Å²) in [5.41, 5.74) is 2.08. The zero-order chi connectivity index (χ0) is 14.8. The molecule has 0 amide bonds. The number of carbonyl (C=O) groups is 1. The molecule has 3 heterocycles. The van der Waals surface area contributed by atoms with Crippen LogP contribution >= 0.6 is 11.8 Å². The van der Waals surface area contributed by atoms with Crippen molar-refractivity contribution in [1.82, 2.24) is 29.7 Å². The number of aromatic amines is 1. The van der Waals surface area contributed by atoms with Crippen LogP contribution in [0, 0.1) is 0 Å². The first-order valence-corrected chi connectivity index (χ1v) is 7.25. The van der Waals surface area contributed by atoms with E-state index < -0.39 is 5.97 Å². The van der Waals surface area contributed by atoms with Gasteiger partial charge in [-0.15, -0.1) is 0 Å². The Labute approximate surface area is 123 Å². The maximum Gasteiger partial charge on any atom is 0.313 e. The predicted octanol–water partition coefficient (Wildman–Crippen LogP) is 1.28. The number of imidazole rings is 1. The van der Waals surface area contributed by atoms with Crippen molar-refractivity contribution >= 4 is 28.9 Å². The van der Waals surface area contributed by atoms with Gasteiger partial charge in [0.15, 0.2) is 11.5 Å². The Morgan fingerprint density at radius 2 is 2.29 bits per heavy atom. The normalized spacial score (nSPS) is 11.1. The first kappa shape index (κ1) is 13.6. The summed E-state index contributed by atoms with van der Waals surface area (Å²) in [5.74, 6) is -0.350. The molecule has 0 saturated carbocycles.